The molecule has 3 aliphatic rings. The van der Waals surface area contributed by atoms with Gasteiger partial charge in [0.2, 0.25) is 11.8 Å². The van der Waals surface area contributed by atoms with Crippen molar-refractivity contribution in [2.45, 2.75) is 96.0 Å². The van der Waals surface area contributed by atoms with Crippen molar-refractivity contribution < 1.29 is 13.9 Å². The van der Waals surface area contributed by atoms with Crippen LogP contribution in [0.15, 0.2) is 99.9 Å². The summed E-state index contributed by atoms with van der Waals surface area (Å²) in [4.78, 5) is 9.87. The summed E-state index contributed by atoms with van der Waals surface area (Å²) < 4.78 is 12.9. The molecule has 1 radical (unpaired) electrons. The summed E-state index contributed by atoms with van der Waals surface area (Å²) in [5.41, 5.74) is 14.5. The molecular weight excluding hydrogens is 629 g/mol. The van der Waals surface area contributed by atoms with Crippen molar-refractivity contribution in [3.63, 3.8) is 0 Å². The lowest BCUT2D eigenvalue weighted by atomic mass is 9.71. The SMILES string of the molecule is CCCC1(CCC)c2ccccc2-c2cc3nc([C]4C=CC(c5nc6cc7c(cc6o5)C(CCC)(CCC)c5ccccc5-7)=CC4O)oc3cc21. The summed E-state index contributed by atoms with van der Waals surface area (Å²) in [6, 6.07) is 26.6. The number of aromatic nitrogens is 2. The van der Waals surface area contributed by atoms with Crippen molar-refractivity contribution in [3.05, 3.63) is 131 Å². The molecule has 0 aliphatic heterocycles. The predicted molar refractivity (Wildman–Crippen MR) is 206 cm³/mol. The first-order valence-corrected chi connectivity index (χ1v) is 19.0. The van der Waals surface area contributed by atoms with Gasteiger partial charge in [-0.3, -0.25) is 0 Å². The highest BCUT2D eigenvalue weighted by molar-refractivity contribution is 5.92. The number of rotatable bonds is 10. The van der Waals surface area contributed by atoms with E-state index in [0.29, 0.717) is 17.7 Å². The summed E-state index contributed by atoms with van der Waals surface area (Å²) in [6.45, 7) is 9.10. The number of nitrogens with zero attached hydrogens (tertiary/aromatic N) is 2. The second kappa shape index (κ2) is 12.2. The van der Waals surface area contributed by atoms with Crippen molar-refractivity contribution in [2.24, 2.45) is 0 Å². The van der Waals surface area contributed by atoms with E-state index in [-0.39, 0.29) is 10.8 Å². The van der Waals surface area contributed by atoms with Gasteiger partial charge in [-0.25, -0.2) is 9.97 Å². The zero-order valence-electron chi connectivity index (χ0n) is 30.1. The van der Waals surface area contributed by atoms with Gasteiger partial charge in [0, 0.05) is 16.4 Å². The second-order valence-corrected chi connectivity index (χ2v) is 14.9. The fourth-order valence-electron chi connectivity index (χ4n) is 9.96. The minimum atomic E-state index is -0.918. The van der Waals surface area contributed by atoms with E-state index < -0.39 is 6.10 Å². The maximum Gasteiger partial charge on any atom is 0.227 e. The molecule has 0 fully saturated rings. The lowest BCUT2D eigenvalue weighted by Gasteiger charge is -2.31. The second-order valence-electron chi connectivity index (χ2n) is 14.9. The van der Waals surface area contributed by atoms with Crippen LogP contribution in [0.3, 0.4) is 0 Å². The van der Waals surface area contributed by atoms with E-state index in [1.807, 2.05) is 12.2 Å². The summed E-state index contributed by atoms with van der Waals surface area (Å²) in [6.07, 6.45) is 13.5. The molecule has 5 heteroatoms. The first kappa shape index (κ1) is 32.2. The molecule has 3 aliphatic carbocycles. The fourth-order valence-corrected chi connectivity index (χ4v) is 9.96. The smallest absolute Gasteiger partial charge is 0.227 e. The number of hydrogen-bond donors (Lipinski definition) is 1. The van der Waals surface area contributed by atoms with Gasteiger partial charge in [-0.2, -0.15) is 0 Å². The third-order valence-corrected chi connectivity index (χ3v) is 11.9. The zero-order valence-corrected chi connectivity index (χ0v) is 30.1. The molecule has 0 saturated heterocycles. The zero-order chi connectivity index (χ0) is 34.9. The minimum Gasteiger partial charge on any atom is -0.440 e. The third kappa shape index (κ3) is 4.70. The molecule has 0 saturated carbocycles. The number of hydrogen-bond acceptors (Lipinski definition) is 5. The summed E-state index contributed by atoms with van der Waals surface area (Å²) in [5.74, 6) is 1.57. The van der Waals surface area contributed by atoms with Crippen LogP contribution in [0.1, 0.15) is 113 Å². The molecule has 5 nitrogen and oxygen atoms in total. The minimum absolute atomic E-state index is 0.0166. The first-order chi connectivity index (χ1) is 24.9. The number of benzene rings is 4. The van der Waals surface area contributed by atoms with Gasteiger partial charge in [-0.15, -0.1) is 0 Å². The van der Waals surface area contributed by atoms with Crippen molar-refractivity contribution in [1.82, 2.24) is 9.97 Å². The van der Waals surface area contributed by atoms with Crippen molar-refractivity contribution in [2.75, 3.05) is 0 Å². The summed E-state index contributed by atoms with van der Waals surface area (Å²) >= 11 is 0. The number of aliphatic hydroxyl groups is 1. The molecule has 51 heavy (non-hydrogen) atoms. The van der Waals surface area contributed by atoms with E-state index in [0.717, 1.165) is 79.1 Å². The van der Waals surface area contributed by atoms with E-state index in [9.17, 15) is 5.11 Å². The Bertz CT molecular complexity index is 2360. The van der Waals surface area contributed by atoms with Crippen LogP contribution in [0.2, 0.25) is 0 Å². The highest BCUT2D eigenvalue weighted by Crippen LogP contribution is 2.56. The lowest BCUT2D eigenvalue weighted by molar-refractivity contribution is 0.239. The van der Waals surface area contributed by atoms with Gasteiger partial charge in [0.15, 0.2) is 11.2 Å². The van der Waals surface area contributed by atoms with Crippen LogP contribution >= 0.6 is 0 Å². The van der Waals surface area contributed by atoms with E-state index in [1.165, 1.54) is 44.5 Å². The highest BCUT2D eigenvalue weighted by Gasteiger charge is 2.44. The number of allylic oxidation sites excluding steroid dienone is 2. The largest absolute Gasteiger partial charge is 0.440 e. The Morgan fingerprint density at radius 1 is 0.569 bits per heavy atom. The maximum atomic E-state index is 11.5. The van der Waals surface area contributed by atoms with Gasteiger partial charge < -0.3 is 13.9 Å². The van der Waals surface area contributed by atoms with Crippen LogP contribution in [0.25, 0.3) is 50.0 Å². The molecule has 9 rings (SSSR count). The van der Waals surface area contributed by atoms with Crippen LogP contribution in [0.5, 0.6) is 0 Å². The van der Waals surface area contributed by atoms with Crippen LogP contribution < -0.4 is 0 Å². The van der Waals surface area contributed by atoms with Crippen LogP contribution in [-0.4, -0.2) is 21.2 Å². The quantitative estimate of drug-likeness (QED) is 0.157. The molecule has 2 aromatic heterocycles. The average Bonchev–Trinajstić information content (AvgIpc) is 3.88. The molecule has 1 N–H and O–H groups in total. The fraction of sp³-hybridized carbons (Fsp3) is 0.326. The maximum absolute atomic E-state index is 11.5. The van der Waals surface area contributed by atoms with Crippen molar-refractivity contribution in [1.29, 1.82) is 0 Å². The highest BCUT2D eigenvalue weighted by atomic mass is 16.4. The van der Waals surface area contributed by atoms with E-state index in [2.05, 4.69) is 100 Å². The molecule has 2 heterocycles. The Balaban J connectivity index is 1.05. The Morgan fingerprint density at radius 2 is 1.04 bits per heavy atom. The molecule has 1 unspecified atom stereocenters. The Labute approximate surface area is 300 Å². The van der Waals surface area contributed by atoms with Crippen molar-refractivity contribution in [3.8, 4) is 22.3 Å². The summed E-state index contributed by atoms with van der Waals surface area (Å²) in [5, 5.41) is 11.5. The van der Waals surface area contributed by atoms with Gasteiger partial charge in [0.25, 0.3) is 0 Å². The molecular formula is C46H45N2O3. The first-order valence-electron chi connectivity index (χ1n) is 19.0. The number of aliphatic hydroxyl groups excluding tert-OH is 1. The van der Waals surface area contributed by atoms with Gasteiger partial charge >= 0.3 is 0 Å². The molecule has 0 spiro atoms. The van der Waals surface area contributed by atoms with Crippen LogP contribution in [0, 0.1) is 5.92 Å². The number of fused-ring (bicyclic) bond motifs is 8. The van der Waals surface area contributed by atoms with E-state index in [4.69, 9.17) is 18.8 Å². The lowest BCUT2D eigenvalue weighted by Crippen LogP contribution is -2.24. The van der Waals surface area contributed by atoms with Crippen molar-refractivity contribution >= 4 is 27.8 Å². The Kier molecular flexibility index (Phi) is 7.70. The molecule has 257 valence electrons. The van der Waals surface area contributed by atoms with Gasteiger partial charge in [0.05, 0.1) is 6.10 Å². The van der Waals surface area contributed by atoms with Gasteiger partial charge in [-0.05, 0) is 101 Å². The van der Waals surface area contributed by atoms with E-state index >= 15 is 0 Å². The average molecular weight is 674 g/mol. The van der Waals surface area contributed by atoms with Gasteiger partial charge in [0.1, 0.15) is 17.0 Å². The topological polar surface area (TPSA) is 72.3 Å². The van der Waals surface area contributed by atoms with E-state index in [1.54, 1.807) is 6.08 Å². The summed E-state index contributed by atoms with van der Waals surface area (Å²) in [7, 11) is 0. The van der Waals surface area contributed by atoms with Crippen LogP contribution in [-0.2, 0) is 10.8 Å². The van der Waals surface area contributed by atoms with Crippen LogP contribution in [0.4, 0.5) is 0 Å². The Morgan fingerprint density at radius 3 is 1.53 bits per heavy atom. The molecule has 0 amide bonds. The number of oxazole rings is 2. The Hall–Kier alpha value is -4.74. The van der Waals surface area contributed by atoms with Gasteiger partial charge in [-0.1, -0.05) is 114 Å². The third-order valence-electron chi connectivity index (χ3n) is 11.9. The molecule has 1 atom stereocenters. The standard InChI is InChI=1S/C46H45N2O3/c1-5-19-45(20-6-2)34-15-11-9-13-29(34)32-24-38-41(26-36(32)45)50-43(47-38)28-17-18-31(40(49)23-28)44-48-39-25-33-30-14-10-12-16-35(30)46(21-7-3,22-8-4)37(33)27-42(39)51-44/h9-18,23-27,40,49H,5-8,19-22H2,1-4H3. The monoisotopic (exact) mass is 673 g/mol. The molecule has 0 bridgehead atoms. The predicted octanol–water partition coefficient (Wildman–Crippen LogP) is 11.6. The normalized spacial score (nSPS) is 18.2. The molecule has 6 aromatic rings. The molecule has 4 aromatic carbocycles.